The molecule has 3 aromatic carbocycles. The number of amides is 1. The highest BCUT2D eigenvalue weighted by molar-refractivity contribution is 5.86. The first-order chi connectivity index (χ1) is 13.2. The highest BCUT2D eigenvalue weighted by Gasteiger charge is 2.45. The van der Waals surface area contributed by atoms with Crippen LogP contribution in [0.3, 0.4) is 0 Å². The predicted octanol–water partition coefficient (Wildman–Crippen LogP) is 3.90. The van der Waals surface area contributed by atoms with Crippen molar-refractivity contribution >= 4 is 16.7 Å². The molecular formula is C24H24N2O. The lowest BCUT2D eigenvalue weighted by molar-refractivity contribution is -0.130. The molecule has 5 rings (SSSR count). The molecule has 0 saturated carbocycles. The quantitative estimate of drug-likeness (QED) is 0.755. The van der Waals surface area contributed by atoms with Crippen molar-refractivity contribution in [3.8, 4) is 0 Å². The molecule has 1 atom stereocenters. The van der Waals surface area contributed by atoms with E-state index in [9.17, 15) is 4.79 Å². The molecule has 3 heteroatoms. The highest BCUT2D eigenvalue weighted by atomic mass is 16.2. The second kappa shape index (κ2) is 6.50. The fourth-order valence-electron chi connectivity index (χ4n) is 4.80. The minimum atomic E-state index is -0.294. The fourth-order valence-corrected chi connectivity index (χ4v) is 4.80. The summed E-state index contributed by atoms with van der Waals surface area (Å²) in [6.45, 7) is 3.35. The van der Waals surface area contributed by atoms with Gasteiger partial charge in [0.05, 0.1) is 5.41 Å². The van der Waals surface area contributed by atoms with Crippen LogP contribution in [-0.2, 0) is 24.3 Å². The summed E-state index contributed by atoms with van der Waals surface area (Å²) < 4.78 is 0. The number of hydrogen-bond donors (Lipinski definition) is 1. The number of benzene rings is 3. The number of carbonyl (C=O) groups is 1. The van der Waals surface area contributed by atoms with Crippen molar-refractivity contribution in [1.82, 2.24) is 10.2 Å². The molecule has 0 bridgehead atoms. The molecule has 1 spiro atoms. The third-order valence-corrected chi connectivity index (χ3v) is 6.28. The van der Waals surface area contributed by atoms with Crippen LogP contribution in [0.4, 0.5) is 0 Å². The van der Waals surface area contributed by atoms with Gasteiger partial charge in [-0.1, -0.05) is 66.7 Å². The van der Waals surface area contributed by atoms with E-state index in [4.69, 9.17) is 0 Å². The summed E-state index contributed by atoms with van der Waals surface area (Å²) in [7, 11) is 0. The van der Waals surface area contributed by atoms with Crippen LogP contribution in [0, 0.1) is 5.41 Å². The van der Waals surface area contributed by atoms with Gasteiger partial charge in [-0.15, -0.1) is 0 Å². The third kappa shape index (κ3) is 2.92. The van der Waals surface area contributed by atoms with E-state index in [1.165, 1.54) is 27.5 Å². The van der Waals surface area contributed by atoms with Crippen molar-refractivity contribution in [1.29, 1.82) is 0 Å². The zero-order chi connectivity index (χ0) is 18.3. The minimum Gasteiger partial charge on any atom is -0.351 e. The summed E-state index contributed by atoms with van der Waals surface area (Å²) in [6.07, 6.45) is 1.78. The molecule has 1 saturated heterocycles. The van der Waals surface area contributed by atoms with E-state index >= 15 is 0 Å². The number of nitrogens with zero attached hydrogens (tertiary/aromatic N) is 1. The number of likely N-dealkylation sites (tertiary alicyclic amines) is 1. The van der Waals surface area contributed by atoms with Crippen LogP contribution in [0.2, 0.25) is 0 Å². The molecule has 1 amide bonds. The summed E-state index contributed by atoms with van der Waals surface area (Å²) in [5.41, 5.74) is 3.63. The molecule has 136 valence electrons. The highest BCUT2D eigenvalue weighted by Crippen LogP contribution is 2.38. The van der Waals surface area contributed by atoms with Gasteiger partial charge in [0.1, 0.15) is 0 Å². The second-order valence-corrected chi connectivity index (χ2v) is 8.01. The molecule has 2 aliphatic heterocycles. The standard InChI is InChI=1S/C24H24N2O/c27-23-24(14-19-7-1-2-8-20(19)15-25-23)12-13-26(17-24)16-21-10-5-9-18-6-3-4-11-22(18)21/h1-11H,12-17H2,(H,25,27). The molecular weight excluding hydrogens is 332 g/mol. The zero-order valence-electron chi connectivity index (χ0n) is 15.4. The van der Waals surface area contributed by atoms with Gasteiger partial charge in [-0.3, -0.25) is 9.69 Å². The molecule has 3 aromatic rings. The first-order valence-electron chi connectivity index (χ1n) is 9.78. The van der Waals surface area contributed by atoms with E-state index in [0.717, 1.165) is 32.5 Å². The van der Waals surface area contributed by atoms with Crippen LogP contribution in [0.5, 0.6) is 0 Å². The first-order valence-corrected chi connectivity index (χ1v) is 9.78. The maximum atomic E-state index is 13.0. The zero-order valence-corrected chi connectivity index (χ0v) is 15.4. The molecule has 2 aliphatic rings. The van der Waals surface area contributed by atoms with Gasteiger partial charge in [0, 0.05) is 19.6 Å². The van der Waals surface area contributed by atoms with Crippen molar-refractivity contribution in [2.75, 3.05) is 13.1 Å². The van der Waals surface area contributed by atoms with Crippen LogP contribution < -0.4 is 5.32 Å². The molecule has 1 fully saturated rings. The maximum absolute atomic E-state index is 13.0. The first kappa shape index (κ1) is 16.5. The van der Waals surface area contributed by atoms with Gasteiger partial charge in [0.15, 0.2) is 0 Å². The van der Waals surface area contributed by atoms with Crippen LogP contribution in [0.1, 0.15) is 23.1 Å². The summed E-state index contributed by atoms with van der Waals surface area (Å²) in [6, 6.07) is 23.5. The molecule has 2 heterocycles. The summed E-state index contributed by atoms with van der Waals surface area (Å²) >= 11 is 0. The number of nitrogens with one attached hydrogen (secondary N) is 1. The Bertz CT molecular complexity index is 1010. The topological polar surface area (TPSA) is 32.3 Å². The average molecular weight is 356 g/mol. The molecule has 0 radical (unpaired) electrons. The van der Waals surface area contributed by atoms with Crippen LogP contribution in [0.15, 0.2) is 66.7 Å². The summed E-state index contributed by atoms with van der Waals surface area (Å²) in [4.78, 5) is 15.4. The number of fused-ring (bicyclic) bond motifs is 2. The van der Waals surface area contributed by atoms with Crippen molar-refractivity contribution in [2.45, 2.75) is 25.9 Å². The maximum Gasteiger partial charge on any atom is 0.228 e. The number of hydrogen-bond acceptors (Lipinski definition) is 2. The molecule has 1 N–H and O–H groups in total. The van der Waals surface area contributed by atoms with Gasteiger partial charge in [-0.05, 0) is 46.8 Å². The van der Waals surface area contributed by atoms with Gasteiger partial charge in [-0.25, -0.2) is 0 Å². The van der Waals surface area contributed by atoms with E-state index in [1.807, 2.05) is 0 Å². The Balaban J connectivity index is 1.41. The fraction of sp³-hybridized carbons (Fsp3) is 0.292. The monoisotopic (exact) mass is 356 g/mol. The Kier molecular flexibility index (Phi) is 3.98. The van der Waals surface area contributed by atoms with E-state index in [0.29, 0.717) is 6.54 Å². The summed E-state index contributed by atoms with van der Waals surface area (Å²) in [5.74, 6) is 0.221. The van der Waals surface area contributed by atoms with E-state index < -0.39 is 0 Å². The molecule has 0 aromatic heterocycles. The lowest BCUT2D eigenvalue weighted by Gasteiger charge is -2.26. The average Bonchev–Trinajstić information content (AvgIpc) is 3.05. The molecule has 0 aliphatic carbocycles. The van der Waals surface area contributed by atoms with Crippen molar-refractivity contribution in [2.24, 2.45) is 5.41 Å². The Labute approximate surface area is 160 Å². The van der Waals surface area contributed by atoms with Gasteiger partial charge in [0.25, 0.3) is 0 Å². The predicted molar refractivity (Wildman–Crippen MR) is 108 cm³/mol. The van der Waals surface area contributed by atoms with Gasteiger partial charge in [0.2, 0.25) is 5.91 Å². The van der Waals surface area contributed by atoms with Gasteiger partial charge < -0.3 is 5.32 Å². The van der Waals surface area contributed by atoms with Crippen molar-refractivity contribution < 1.29 is 4.79 Å². The largest absolute Gasteiger partial charge is 0.351 e. The normalized spacial score (nSPS) is 22.6. The lowest BCUT2D eigenvalue weighted by atomic mass is 9.80. The summed E-state index contributed by atoms with van der Waals surface area (Å²) in [5, 5.41) is 5.78. The van der Waals surface area contributed by atoms with Crippen LogP contribution >= 0.6 is 0 Å². The molecule has 1 unspecified atom stereocenters. The Morgan fingerprint density at radius 1 is 0.926 bits per heavy atom. The Morgan fingerprint density at radius 3 is 2.63 bits per heavy atom. The van der Waals surface area contributed by atoms with E-state index in [2.05, 4.69) is 76.9 Å². The van der Waals surface area contributed by atoms with Crippen LogP contribution in [-0.4, -0.2) is 23.9 Å². The number of rotatable bonds is 2. The van der Waals surface area contributed by atoms with Crippen LogP contribution in [0.25, 0.3) is 10.8 Å². The van der Waals surface area contributed by atoms with Gasteiger partial charge >= 0.3 is 0 Å². The SMILES string of the molecule is O=C1NCc2ccccc2CC12CCN(Cc1cccc3ccccc13)C2. The van der Waals surface area contributed by atoms with Gasteiger partial charge in [-0.2, -0.15) is 0 Å². The molecule has 27 heavy (non-hydrogen) atoms. The van der Waals surface area contributed by atoms with Crippen molar-refractivity contribution in [3.63, 3.8) is 0 Å². The Hall–Kier alpha value is -2.65. The number of carbonyl (C=O) groups excluding carboxylic acids is 1. The third-order valence-electron chi connectivity index (χ3n) is 6.28. The lowest BCUT2D eigenvalue weighted by Crippen LogP contribution is -2.42. The van der Waals surface area contributed by atoms with E-state index in [-0.39, 0.29) is 11.3 Å². The minimum absolute atomic E-state index is 0.221. The second-order valence-electron chi connectivity index (χ2n) is 8.01. The molecule has 3 nitrogen and oxygen atoms in total. The van der Waals surface area contributed by atoms with Crippen molar-refractivity contribution in [3.05, 3.63) is 83.4 Å². The van der Waals surface area contributed by atoms with E-state index in [1.54, 1.807) is 0 Å². The Morgan fingerprint density at radius 2 is 1.70 bits per heavy atom. The smallest absolute Gasteiger partial charge is 0.228 e.